The van der Waals surface area contributed by atoms with E-state index in [1.807, 2.05) is 6.20 Å². The maximum atomic E-state index is 6.25. The lowest BCUT2D eigenvalue weighted by Crippen LogP contribution is -2.41. The number of hydrogen-bond donors (Lipinski definition) is 0. The van der Waals surface area contributed by atoms with Crippen molar-refractivity contribution >= 4 is 28.6 Å². The van der Waals surface area contributed by atoms with Crippen LogP contribution in [0.15, 0.2) is 30.7 Å². The summed E-state index contributed by atoms with van der Waals surface area (Å²) in [7, 11) is 0. The van der Waals surface area contributed by atoms with E-state index < -0.39 is 0 Å². The Bertz CT molecular complexity index is 981. The summed E-state index contributed by atoms with van der Waals surface area (Å²) in [6.07, 6.45) is 9.06. The summed E-state index contributed by atoms with van der Waals surface area (Å²) in [5.74, 6) is 1.46. The van der Waals surface area contributed by atoms with Gasteiger partial charge in [-0.3, -0.25) is 0 Å². The summed E-state index contributed by atoms with van der Waals surface area (Å²) >= 11 is 6.25. The second kappa shape index (κ2) is 6.42. The number of anilines is 1. The molecule has 1 spiro atoms. The molecule has 0 amide bonds. The van der Waals surface area contributed by atoms with E-state index in [4.69, 9.17) is 21.3 Å². The Morgan fingerprint density at radius 3 is 2.81 bits per heavy atom. The molecule has 0 N–H and O–H groups in total. The molecule has 5 heterocycles. The average Bonchev–Trinajstić information content (AvgIpc) is 3.26. The van der Waals surface area contributed by atoms with Crippen LogP contribution in [-0.4, -0.2) is 50.5 Å². The molecule has 1 atom stereocenters. The molecule has 3 aromatic rings. The van der Waals surface area contributed by atoms with E-state index in [9.17, 15) is 0 Å². The number of fused-ring (bicyclic) bond motifs is 1. The van der Waals surface area contributed by atoms with Gasteiger partial charge in [-0.2, -0.15) is 9.78 Å². The number of rotatable bonds is 2. The van der Waals surface area contributed by atoms with Crippen molar-refractivity contribution in [3.8, 4) is 5.82 Å². The minimum atomic E-state index is 0.355. The first-order chi connectivity index (χ1) is 13.1. The molecule has 2 aliphatic heterocycles. The van der Waals surface area contributed by atoms with Crippen LogP contribution in [0.4, 0.5) is 5.82 Å². The molecule has 7 nitrogen and oxygen atoms in total. The summed E-state index contributed by atoms with van der Waals surface area (Å²) in [6, 6.07) is 3.58. The van der Waals surface area contributed by atoms with Crippen LogP contribution in [0.25, 0.3) is 17.0 Å². The third-order valence-electron chi connectivity index (χ3n) is 5.74. The van der Waals surface area contributed by atoms with Gasteiger partial charge < -0.3 is 9.64 Å². The Hall–Kier alpha value is -2.25. The van der Waals surface area contributed by atoms with Crippen LogP contribution in [-0.2, 0) is 4.74 Å². The molecule has 0 aliphatic carbocycles. The molecule has 27 heavy (non-hydrogen) atoms. The van der Waals surface area contributed by atoms with Crippen LogP contribution in [0, 0.1) is 5.41 Å². The Morgan fingerprint density at radius 1 is 1.22 bits per heavy atom. The first-order valence-electron chi connectivity index (χ1n) is 9.32. The predicted octanol–water partition coefficient (Wildman–Crippen LogP) is 3.26. The highest BCUT2D eigenvalue weighted by molar-refractivity contribution is 6.32. The van der Waals surface area contributed by atoms with Gasteiger partial charge >= 0.3 is 0 Å². The number of hydrogen-bond acceptors (Lipinski definition) is 6. The van der Waals surface area contributed by atoms with Crippen molar-refractivity contribution < 1.29 is 4.74 Å². The smallest absolute Gasteiger partial charge is 0.183 e. The van der Waals surface area contributed by atoms with Crippen LogP contribution in [0.1, 0.15) is 26.2 Å². The highest BCUT2D eigenvalue weighted by atomic mass is 35.5. The van der Waals surface area contributed by atoms with Crippen LogP contribution in [0.2, 0.25) is 5.02 Å². The molecule has 0 radical (unpaired) electrons. The lowest BCUT2D eigenvalue weighted by molar-refractivity contribution is 0.0976. The molecule has 2 saturated heterocycles. The van der Waals surface area contributed by atoms with Gasteiger partial charge in [0.25, 0.3) is 0 Å². The monoisotopic (exact) mass is 384 g/mol. The predicted molar refractivity (Wildman–Crippen MR) is 103 cm³/mol. The van der Waals surface area contributed by atoms with E-state index in [0.717, 1.165) is 43.9 Å². The molecule has 8 heteroatoms. The minimum Gasteiger partial charge on any atom is -0.378 e. The Kier molecular flexibility index (Phi) is 4.02. The maximum Gasteiger partial charge on any atom is 0.183 e. The number of piperidine rings is 1. The number of aromatic nitrogens is 5. The second-order valence-corrected chi connectivity index (χ2v) is 8.02. The lowest BCUT2D eigenvalue weighted by Gasteiger charge is -2.38. The Morgan fingerprint density at radius 2 is 2.07 bits per heavy atom. The molecule has 5 rings (SSSR count). The van der Waals surface area contributed by atoms with Gasteiger partial charge in [0.1, 0.15) is 11.3 Å². The van der Waals surface area contributed by atoms with Gasteiger partial charge in [-0.15, -0.1) is 0 Å². The fourth-order valence-corrected chi connectivity index (χ4v) is 4.45. The largest absolute Gasteiger partial charge is 0.378 e. The third-order valence-corrected chi connectivity index (χ3v) is 6.04. The van der Waals surface area contributed by atoms with E-state index >= 15 is 0 Å². The molecule has 0 bridgehead atoms. The zero-order chi connectivity index (χ0) is 18.4. The minimum absolute atomic E-state index is 0.355. The summed E-state index contributed by atoms with van der Waals surface area (Å²) in [6.45, 7) is 5.03. The van der Waals surface area contributed by atoms with Gasteiger partial charge in [0.05, 0.1) is 30.1 Å². The van der Waals surface area contributed by atoms with E-state index in [2.05, 4.69) is 26.9 Å². The van der Waals surface area contributed by atoms with Crippen molar-refractivity contribution in [3.05, 3.63) is 35.7 Å². The van der Waals surface area contributed by atoms with E-state index in [1.54, 1.807) is 29.2 Å². The van der Waals surface area contributed by atoms with Crippen molar-refractivity contribution in [2.24, 2.45) is 5.41 Å². The molecule has 2 fully saturated rings. The summed E-state index contributed by atoms with van der Waals surface area (Å²) in [4.78, 5) is 16.0. The Balaban J connectivity index is 1.39. The first kappa shape index (κ1) is 16.9. The zero-order valence-electron chi connectivity index (χ0n) is 15.2. The van der Waals surface area contributed by atoms with E-state index in [-0.39, 0.29) is 0 Å². The van der Waals surface area contributed by atoms with Crippen molar-refractivity contribution in [2.45, 2.75) is 32.3 Å². The second-order valence-electron chi connectivity index (χ2n) is 7.62. The SMILES string of the molecule is C[C@H]1CC2(CCN(c3cnc4c(cnn4-c4ncccc4Cl)n3)CC2)CO1. The molecule has 140 valence electrons. The lowest BCUT2D eigenvalue weighted by atomic mass is 9.77. The average molecular weight is 385 g/mol. The van der Waals surface area contributed by atoms with E-state index in [0.29, 0.717) is 28.0 Å². The van der Waals surface area contributed by atoms with Crippen LogP contribution < -0.4 is 4.90 Å². The number of pyridine rings is 1. The molecular formula is C19H21ClN6O. The van der Waals surface area contributed by atoms with Crippen LogP contribution in [0.3, 0.4) is 0 Å². The molecule has 2 aliphatic rings. The van der Waals surface area contributed by atoms with Crippen molar-refractivity contribution in [2.75, 3.05) is 24.6 Å². The van der Waals surface area contributed by atoms with Gasteiger partial charge in [-0.25, -0.2) is 15.0 Å². The highest BCUT2D eigenvalue weighted by Crippen LogP contribution is 2.42. The van der Waals surface area contributed by atoms with Crippen molar-refractivity contribution in [3.63, 3.8) is 0 Å². The Labute approximate surface area is 162 Å². The van der Waals surface area contributed by atoms with Crippen molar-refractivity contribution in [1.29, 1.82) is 0 Å². The molecule has 0 unspecified atom stereocenters. The van der Waals surface area contributed by atoms with E-state index in [1.165, 1.54) is 6.42 Å². The van der Waals surface area contributed by atoms with Gasteiger partial charge in [-0.05, 0) is 43.7 Å². The fraction of sp³-hybridized carbons (Fsp3) is 0.474. The van der Waals surface area contributed by atoms with Gasteiger partial charge in [0.15, 0.2) is 11.5 Å². The van der Waals surface area contributed by atoms with Gasteiger partial charge in [0, 0.05) is 19.3 Å². The summed E-state index contributed by atoms with van der Waals surface area (Å²) in [5.41, 5.74) is 1.76. The van der Waals surface area contributed by atoms with Crippen LogP contribution in [0.5, 0.6) is 0 Å². The van der Waals surface area contributed by atoms with Crippen LogP contribution >= 0.6 is 11.6 Å². The molecule has 3 aromatic heterocycles. The fourth-order valence-electron chi connectivity index (χ4n) is 4.25. The van der Waals surface area contributed by atoms with Gasteiger partial charge in [-0.1, -0.05) is 11.6 Å². The number of nitrogens with zero attached hydrogens (tertiary/aromatic N) is 6. The number of ether oxygens (including phenoxy) is 1. The normalized spacial score (nSPS) is 22.0. The highest BCUT2D eigenvalue weighted by Gasteiger charge is 2.41. The molecule has 0 saturated carbocycles. The maximum absolute atomic E-state index is 6.25. The summed E-state index contributed by atoms with van der Waals surface area (Å²) in [5, 5.41) is 4.92. The standard InChI is InChI=1S/C19H21ClN6O/c1-13-9-19(12-27-13)4-7-25(8-5-19)16-11-22-18-15(24-16)10-23-26(18)17-14(20)3-2-6-21-17/h2-3,6,10-11,13H,4-5,7-9,12H2,1H3/t13-/m0/s1. The number of halogens is 1. The summed E-state index contributed by atoms with van der Waals surface area (Å²) < 4.78 is 7.46. The van der Waals surface area contributed by atoms with Gasteiger partial charge in [0.2, 0.25) is 0 Å². The van der Waals surface area contributed by atoms with Crippen molar-refractivity contribution in [1.82, 2.24) is 24.7 Å². The molecular weight excluding hydrogens is 364 g/mol. The molecule has 0 aromatic carbocycles. The zero-order valence-corrected chi connectivity index (χ0v) is 15.9. The quantitative estimate of drug-likeness (QED) is 0.675. The topological polar surface area (TPSA) is 69.0 Å². The third kappa shape index (κ3) is 2.95. The first-order valence-corrected chi connectivity index (χ1v) is 9.70.